The Labute approximate surface area is 233 Å². The summed E-state index contributed by atoms with van der Waals surface area (Å²) in [6.07, 6.45) is 12.5. The summed E-state index contributed by atoms with van der Waals surface area (Å²) < 4.78 is 0. The van der Waals surface area contributed by atoms with Crippen LogP contribution in [0.5, 0.6) is 0 Å². The Bertz CT molecular complexity index is 1290. The molecule has 1 amide bonds. The topological polar surface area (TPSA) is 145 Å². The van der Waals surface area contributed by atoms with Gasteiger partial charge in [0.1, 0.15) is 17.5 Å². The largest absolute Gasteiger partial charge is 0.481 e. The number of carbonyl (C=O) groups excluding carboxylic acids is 1. The lowest BCUT2D eigenvalue weighted by Gasteiger charge is -2.28. The lowest BCUT2D eigenvalue weighted by atomic mass is 9.81. The predicted molar refractivity (Wildman–Crippen MR) is 153 cm³/mol. The number of piperazine rings is 1. The van der Waals surface area contributed by atoms with Crippen molar-refractivity contribution < 1.29 is 14.7 Å². The number of amides is 1. The Morgan fingerprint density at radius 2 is 1.85 bits per heavy atom. The van der Waals surface area contributed by atoms with E-state index in [4.69, 9.17) is 4.98 Å². The number of nitrogens with one attached hydrogen (secondary N) is 3. The minimum Gasteiger partial charge on any atom is -0.481 e. The molecule has 2 fully saturated rings. The van der Waals surface area contributed by atoms with Crippen LogP contribution < -0.4 is 20.9 Å². The Morgan fingerprint density at radius 3 is 2.60 bits per heavy atom. The highest BCUT2D eigenvalue weighted by molar-refractivity contribution is 5.97. The van der Waals surface area contributed by atoms with E-state index < -0.39 is 11.9 Å². The quantitative estimate of drug-likeness (QED) is 0.294. The summed E-state index contributed by atoms with van der Waals surface area (Å²) in [6.45, 7) is 3.46. The molecule has 1 aliphatic carbocycles. The fraction of sp³-hybridized carbons (Fsp3) is 0.448. The summed E-state index contributed by atoms with van der Waals surface area (Å²) >= 11 is 0. The number of nitrogens with zero attached hydrogens (tertiary/aromatic N) is 5. The van der Waals surface area contributed by atoms with Crippen LogP contribution in [-0.2, 0) is 9.59 Å². The van der Waals surface area contributed by atoms with E-state index in [9.17, 15) is 14.7 Å². The van der Waals surface area contributed by atoms with E-state index in [0.717, 1.165) is 63.2 Å². The fourth-order valence-corrected chi connectivity index (χ4v) is 5.53. The van der Waals surface area contributed by atoms with Crippen LogP contribution in [0.4, 0.5) is 23.1 Å². The molecule has 0 unspecified atom stereocenters. The SMILES string of the molecule is O=C(O)C[C@@H](CC1CCCCC1)C(=O)Nc1ccc(Nc2cnccn2)nc1-c1ccnc(N2CCNCC2)c1. The predicted octanol–water partition coefficient (Wildman–Crippen LogP) is 4.09. The molecule has 0 bridgehead atoms. The van der Waals surface area contributed by atoms with Crippen molar-refractivity contribution in [1.29, 1.82) is 0 Å². The van der Waals surface area contributed by atoms with E-state index in [0.29, 0.717) is 35.4 Å². The third-order valence-corrected chi connectivity index (χ3v) is 7.57. The van der Waals surface area contributed by atoms with Crippen LogP contribution in [0.15, 0.2) is 49.1 Å². The summed E-state index contributed by atoms with van der Waals surface area (Å²) in [5.41, 5.74) is 1.88. The zero-order chi connectivity index (χ0) is 27.7. The lowest BCUT2D eigenvalue weighted by Crippen LogP contribution is -2.43. The molecule has 5 rings (SSSR count). The second-order valence-corrected chi connectivity index (χ2v) is 10.5. The standard InChI is InChI=1S/C29H36N8O3/c38-27(39)18-22(16-20-4-2-1-3-5-20)29(40)34-23-6-7-24(35-25-19-31-10-11-32-25)36-28(23)21-8-9-33-26(17-21)37-14-12-30-13-15-37/h6-11,17,19-20,22,30H,1-5,12-16,18H2,(H,34,40)(H,38,39)(H,32,35,36)/t22-/m1/s1. The molecule has 4 N–H and O–H groups in total. The first-order chi connectivity index (χ1) is 19.5. The Hall–Kier alpha value is -4.12. The van der Waals surface area contributed by atoms with Gasteiger partial charge in [-0.2, -0.15) is 0 Å². The molecule has 0 spiro atoms. The third kappa shape index (κ3) is 7.29. The molecule has 0 aromatic carbocycles. The molecule has 1 aliphatic heterocycles. The van der Waals surface area contributed by atoms with Gasteiger partial charge in [-0.25, -0.2) is 15.0 Å². The van der Waals surface area contributed by atoms with Gasteiger partial charge in [0.15, 0.2) is 0 Å². The van der Waals surface area contributed by atoms with Crippen LogP contribution >= 0.6 is 0 Å². The first-order valence-electron chi connectivity index (χ1n) is 14.0. The van der Waals surface area contributed by atoms with Crippen molar-refractivity contribution in [2.45, 2.75) is 44.9 Å². The first-order valence-corrected chi connectivity index (χ1v) is 14.0. The van der Waals surface area contributed by atoms with Gasteiger partial charge in [-0.05, 0) is 36.6 Å². The van der Waals surface area contributed by atoms with Gasteiger partial charge in [0.2, 0.25) is 5.91 Å². The number of anilines is 4. The van der Waals surface area contributed by atoms with Crippen molar-refractivity contribution in [1.82, 2.24) is 25.3 Å². The van der Waals surface area contributed by atoms with Gasteiger partial charge in [0.25, 0.3) is 0 Å². The van der Waals surface area contributed by atoms with Gasteiger partial charge in [0, 0.05) is 56.3 Å². The van der Waals surface area contributed by atoms with Crippen LogP contribution in [0, 0.1) is 11.8 Å². The van der Waals surface area contributed by atoms with E-state index in [1.165, 1.54) is 6.42 Å². The molecular weight excluding hydrogens is 508 g/mol. The van der Waals surface area contributed by atoms with Crippen molar-refractivity contribution >= 4 is 35.0 Å². The van der Waals surface area contributed by atoms with Gasteiger partial charge < -0.3 is 26.0 Å². The molecule has 11 nitrogen and oxygen atoms in total. The zero-order valence-electron chi connectivity index (χ0n) is 22.6. The maximum atomic E-state index is 13.5. The number of carboxylic acid groups (broad SMARTS) is 1. The van der Waals surface area contributed by atoms with E-state index in [1.54, 1.807) is 36.9 Å². The monoisotopic (exact) mass is 544 g/mol. The second-order valence-electron chi connectivity index (χ2n) is 10.5. The smallest absolute Gasteiger partial charge is 0.304 e. The molecule has 3 aromatic rings. The lowest BCUT2D eigenvalue weighted by molar-refractivity contribution is -0.140. The van der Waals surface area contributed by atoms with Gasteiger partial charge in [-0.1, -0.05) is 32.1 Å². The summed E-state index contributed by atoms with van der Waals surface area (Å²) in [5.74, 6) is 0.434. The number of carboxylic acids is 1. The number of pyridine rings is 2. The minimum absolute atomic E-state index is 0.195. The zero-order valence-corrected chi connectivity index (χ0v) is 22.6. The van der Waals surface area contributed by atoms with Gasteiger partial charge in [-0.3, -0.25) is 14.6 Å². The highest BCUT2D eigenvalue weighted by atomic mass is 16.4. The highest BCUT2D eigenvalue weighted by Gasteiger charge is 2.27. The normalized spacial score (nSPS) is 16.8. The van der Waals surface area contributed by atoms with E-state index >= 15 is 0 Å². The highest BCUT2D eigenvalue weighted by Crippen LogP contribution is 2.33. The van der Waals surface area contributed by atoms with E-state index in [2.05, 4.69) is 35.8 Å². The van der Waals surface area contributed by atoms with E-state index in [1.807, 2.05) is 12.1 Å². The maximum absolute atomic E-state index is 13.5. The molecule has 210 valence electrons. The van der Waals surface area contributed by atoms with Crippen LogP contribution in [0.1, 0.15) is 44.9 Å². The van der Waals surface area contributed by atoms with Crippen molar-refractivity contribution in [2.24, 2.45) is 11.8 Å². The summed E-state index contributed by atoms with van der Waals surface area (Å²) in [6, 6.07) is 7.40. The molecule has 1 saturated carbocycles. The Morgan fingerprint density at radius 1 is 1.02 bits per heavy atom. The molecular formula is C29H36N8O3. The maximum Gasteiger partial charge on any atom is 0.304 e. The first kappa shape index (κ1) is 27.4. The minimum atomic E-state index is -0.965. The van der Waals surface area contributed by atoms with Crippen LogP contribution in [0.3, 0.4) is 0 Å². The second kappa shape index (κ2) is 13.3. The number of hydrogen-bond donors (Lipinski definition) is 4. The third-order valence-electron chi connectivity index (χ3n) is 7.57. The fourth-order valence-electron chi connectivity index (χ4n) is 5.53. The summed E-state index contributed by atoms with van der Waals surface area (Å²) in [4.78, 5) is 45.2. The van der Waals surface area contributed by atoms with Crippen molar-refractivity contribution in [3.63, 3.8) is 0 Å². The molecule has 40 heavy (non-hydrogen) atoms. The van der Waals surface area contributed by atoms with Crippen molar-refractivity contribution in [3.05, 3.63) is 49.1 Å². The molecule has 1 atom stereocenters. The summed E-state index contributed by atoms with van der Waals surface area (Å²) in [7, 11) is 0. The van der Waals surface area contributed by atoms with Crippen molar-refractivity contribution in [3.8, 4) is 11.3 Å². The average Bonchev–Trinajstić information content (AvgIpc) is 2.99. The number of hydrogen-bond acceptors (Lipinski definition) is 9. The van der Waals surface area contributed by atoms with Gasteiger partial charge >= 0.3 is 5.97 Å². The molecule has 0 radical (unpaired) electrons. The molecule has 11 heteroatoms. The van der Waals surface area contributed by atoms with Crippen molar-refractivity contribution in [2.75, 3.05) is 41.7 Å². The van der Waals surface area contributed by atoms with Crippen LogP contribution in [-0.4, -0.2) is 63.1 Å². The van der Waals surface area contributed by atoms with Gasteiger partial charge in [-0.15, -0.1) is 0 Å². The Kier molecular flexibility index (Phi) is 9.12. The Balaban J connectivity index is 1.44. The average molecular weight is 545 g/mol. The molecule has 4 heterocycles. The number of aromatic nitrogens is 4. The molecule has 2 aliphatic rings. The summed E-state index contributed by atoms with van der Waals surface area (Å²) in [5, 5.41) is 19.1. The van der Waals surface area contributed by atoms with Crippen LogP contribution in [0.2, 0.25) is 0 Å². The number of aliphatic carboxylic acids is 1. The number of carbonyl (C=O) groups is 2. The molecule has 1 saturated heterocycles. The van der Waals surface area contributed by atoms with Gasteiger partial charge in [0.05, 0.1) is 24.0 Å². The molecule has 3 aromatic heterocycles. The number of rotatable bonds is 10. The van der Waals surface area contributed by atoms with E-state index in [-0.39, 0.29) is 12.3 Å². The van der Waals surface area contributed by atoms with Crippen LogP contribution in [0.25, 0.3) is 11.3 Å².